The lowest BCUT2D eigenvalue weighted by Gasteiger charge is -2.20. The molecule has 6 nitrogen and oxygen atoms in total. The minimum Gasteiger partial charge on any atom is -0.432 e. The molecule has 0 radical (unpaired) electrons. The summed E-state index contributed by atoms with van der Waals surface area (Å²) in [7, 11) is 0. The molecule has 0 aliphatic rings. The maximum atomic E-state index is 5.58. The highest BCUT2D eigenvalue weighted by atomic mass is 16.5. The quantitative estimate of drug-likeness (QED) is 0.563. The van der Waals surface area contributed by atoms with Crippen molar-refractivity contribution in [2.75, 3.05) is 51.0 Å². The normalized spacial score (nSPS) is 11.0. The van der Waals surface area contributed by atoms with Crippen molar-refractivity contribution in [3.05, 3.63) is 12.0 Å². The van der Waals surface area contributed by atoms with Crippen LogP contribution in [-0.4, -0.2) is 51.0 Å². The van der Waals surface area contributed by atoms with Crippen molar-refractivity contribution in [3.8, 4) is 0 Å². The fourth-order valence-corrected chi connectivity index (χ4v) is 1.86. The predicted molar refractivity (Wildman–Crippen MR) is 83.7 cm³/mol. The zero-order valence-corrected chi connectivity index (χ0v) is 13.6. The van der Waals surface area contributed by atoms with Gasteiger partial charge in [0, 0.05) is 32.8 Å². The van der Waals surface area contributed by atoms with Gasteiger partial charge in [-0.2, -0.15) is 4.98 Å². The summed E-state index contributed by atoms with van der Waals surface area (Å²) in [6, 6.07) is 0.641. The first kappa shape index (κ1) is 17.9. The van der Waals surface area contributed by atoms with Crippen LogP contribution < -0.4 is 10.2 Å². The number of ether oxygens (including phenoxy) is 2. The third-order valence-electron chi connectivity index (χ3n) is 2.96. The Morgan fingerprint density at radius 1 is 1.14 bits per heavy atom. The molecule has 6 heteroatoms. The second kappa shape index (κ2) is 11.5. The Labute approximate surface area is 127 Å². The second-order valence-electron chi connectivity index (χ2n) is 4.68. The van der Waals surface area contributed by atoms with Crippen molar-refractivity contribution in [3.63, 3.8) is 0 Å². The van der Waals surface area contributed by atoms with Crippen LogP contribution >= 0.6 is 0 Å². The van der Waals surface area contributed by atoms with Crippen LogP contribution in [0.15, 0.2) is 10.7 Å². The molecule has 1 rings (SSSR count). The van der Waals surface area contributed by atoms with Crippen LogP contribution in [0, 0.1) is 0 Å². The summed E-state index contributed by atoms with van der Waals surface area (Å²) in [6.07, 6.45) is 2.83. The molecular weight excluding hydrogens is 270 g/mol. The summed E-state index contributed by atoms with van der Waals surface area (Å²) in [5, 5.41) is 3.32. The van der Waals surface area contributed by atoms with Crippen LogP contribution in [0.4, 0.5) is 6.01 Å². The standard InChI is InChI=1S/C15H29N3O3/c1-4-7-16-12-14-13-21-15(17-14)18(8-10-19-5-2)9-11-20-6-3/h13,16H,4-12H2,1-3H3. The van der Waals surface area contributed by atoms with Crippen molar-refractivity contribution in [1.29, 1.82) is 0 Å². The average Bonchev–Trinajstić information content (AvgIpc) is 2.95. The molecule has 0 bridgehead atoms. The van der Waals surface area contributed by atoms with Gasteiger partial charge in [0.05, 0.1) is 18.9 Å². The largest absolute Gasteiger partial charge is 0.432 e. The molecule has 0 amide bonds. The molecule has 1 aromatic heterocycles. The lowest BCUT2D eigenvalue weighted by molar-refractivity contribution is 0.140. The van der Waals surface area contributed by atoms with Gasteiger partial charge in [0.25, 0.3) is 6.01 Å². The van der Waals surface area contributed by atoms with E-state index in [1.165, 1.54) is 0 Å². The summed E-state index contributed by atoms with van der Waals surface area (Å²) in [5.41, 5.74) is 0.927. The van der Waals surface area contributed by atoms with E-state index in [-0.39, 0.29) is 0 Å². The van der Waals surface area contributed by atoms with E-state index in [4.69, 9.17) is 13.9 Å². The van der Waals surface area contributed by atoms with Crippen LogP contribution in [0.25, 0.3) is 0 Å². The van der Waals surface area contributed by atoms with E-state index >= 15 is 0 Å². The lowest BCUT2D eigenvalue weighted by Crippen LogP contribution is -2.31. The average molecular weight is 299 g/mol. The van der Waals surface area contributed by atoms with Crippen LogP contribution in [-0.2, 0) is 16.0 Å². The van der Waals surface area contributed by atoms with Gasteiger partial charge in [-0.05, 0) is 26.8 Å². The second-order valence-corrected chi connectivity index (χ2v) is 4.68. The molecule has 1 heterocycles. The fourth-order valence-electron chi connectivity index (χ4n) is 1.86. The van der Waals surface area contributed by atoms with Gasteiger partial charge in [0.2, 0.25) is 0 Å². The van der Waals surface area contributed by atoms with Crippen molar-refractivity contribution in [2.45, 2.75) is 33.7 Å². The Bertz CT molecular complexity index is 348. The van der Waals surface area contributed by atoms with E-state index in [9.17, 15) is 0 Å². The van der Waals surface area contributed by atoms with Crippen molar-refractivity contribution < 1.29 is 13.9 Å². The summed E-state index contributed by atoms with van der Waals surface area (Å²) in [6.45, 7) is 12.1. The minimum atomic E-state index is 0.641. The van der Waals surface area contributed by atoms with Gasteiger partial charge >= 0.3 is 0 Å². The molecule has 0 aliphatic carbocycles. The summed E-state index contributed by atoms with van der Waals surface area (Å²) < 4.78 is 16.4. The first-order valence-corrected chi connectivity index (χ1v) is 7.87. The van der Waals surface area contributed by atoms with Crippen LogP contribution in [0.5, 0.6) is 0 Å². The SMILES string of the molecule is CCCNCc1coc(N(CCOCC)CCOCC)n1. The van der Waals surface area contributed by atoms with E-state index in [1.54, 1.807) is 6.26 Å². The van der Waals surface area contributed by atoms with Crippen LogP contribution in [0.2, 0.25) is 0 Å². The molecule has 21 heavy (non-hydrogen) atoms. The van der Waals surface area contributed by atoms with Gasteiger partial charge in [-0.1, -0.05) is 6.92 Å². The molecule has 0 aliphatic heterocycles. The number of rotatable bonds is 13. The molecule has 122 valence electrons. The van der Waals surface area contributed by atoms with Gasteiger partial charge < -0.3 is 24.1 Å². The Balaban J connectivity index is 2.50. The molecular formula is C15H29N3O3. The molecule has 0 atom stereocenters. The molecule has 0 spiro atoms. The van der Waals surface area contributed by atoms with Crippen LogP contribution in [0.3, 0.4) is 0 Å². The lowest BCUT2D eigenvalue weighted by atomic mass is 10.4. The highest BCUT2D eigenvalue weighted by molar-refractivity contribution is 5.26. The van der Waals surface area contributed by atoms with Gasteiger partial charge in [-0.15, -0.1) is 0 Å². The van der Waals surface area contributed by atoms with Gasteiger partial charge in [0.1, 0.15) is 6.26 Å². The first-order valence-electron chi connectivity index (χ1n) is 7.87. The van der Waals surface area contributed by atoms with E-state index in [0.29, 0.717) is 19.2 Å². The number of hydrogen-bond donors (Lipinski definition) is 1. The maximum Gasteiger partial charge on any atom is 0.297 e. The Morgan fingerprint density at radius 2 is 1.81 bits per heavy atom. The molecule has 0 saturated heterocycles. The highest BCUT2D eigenvalue weighted by Crippen LogP contribution is 2.13. The Hall–Kier alpha value is -1.11. The number of nitrogens with one attached hydrogen (secondary N) is 1. The van der Waals surface area contributed by atoms with E-state index < -0.39 is 0 Å². The van der Waals surface area contributed by atoms with Gasteiger partial charge in [-0.25, -0.2) is 0 Å². The van der Waals surface area contributed by atoms with E-state index in [2.05, 4.69) is 22.1 Å². The van der Waals surface area contributed by atoms with Crippen molar-refractivity contribution in [1.82, 2.24) is 10.3 Å². The maximum absolute atomic E-state index is 5.58. The van der Waals surface area contributed by atoms with E-state index in [1.807, 2.05) is 13.8 Å². The van der Waals surface area contributed by atoms with Crippen LogP contribution in [0.1, 0.15) is 32.9 Å². The molecule has 0 aromatic carbocycles. The first-order chi connectivity index (χ1) is 10.3. The number of hydrogen-bond acceptors (Lipinski definition) is 6. The number of anilines is 1. The molecule has 1 N–H and O–H groups in total. The molecule has 0 saturated carbocycles. The highest BCUT2D eigenvalue weighted by Gasteiger charge is 2.13. The monoisotopic (exact) mass is 299 g/mol. The topological polar surface area (TPSA) is 59.8 Å². The number of oxazole rings is 1. The van der Waals surface area contributed by atoms with Crippen molar-refractivity contribution in [2.24, 2.45) is 0 Å². The molecule has 1 aromatic rings. The van der Waals surface area contributed by atoms with E-state index in [0.717, 1.165) is 51.5 Å². The van der Waals surface area contributed by atoms with Gasteiger partial charge in [-0.3, -0.25) is 0 Å². The van der Waals surface area contributed by atoms with Gasteiger partial charge in [0.15, 0.2) is 0 Å². The number of nitrogens with zero attached hydrogens (tertiary/aromatic N) is 2. The Morgan fingerprint density at radius 3 is 2.38 bits per heavy atom. The fraction of sp³-hybridized carbons (Fsp3) is 0.800. The zero-order valence-electron chi connectivity index (χ0n) is 13.6. The predicted octanol–water partition coefficient (Wildman–Crippen LogP) is 2.05. The molecule has 0 fully saturated rings. The summed E-state index contributed by atoms with van der Waals surface area (Å²) >= 11 is 0. The third-order valence-corrected chi connectivity index (χ3v) is 2.96. The third kappa shape index (κ3) is 7.45. The summed E-state index contributed by atoms with van der Waals surface area (Å²) in [5.74, 6) is 0. The van der Waals surface area contributed by atoms with Crippen molar-refractivity contribution >= 4 is 6.01 Å². The molecule has 0 unspecified atom stereocenters. The Kier molecular flexibility index (Phi) is 9.86. The smallest absolute Gasteiger partial charge is 0.297 e. The number of aromatic nitrogens is 1. The zero-order chi connectivity index (χ0) is 15.3. The summed E-state index contributed by atoms with van der Waals surface area (Å²) in [4.78, 5) is 6.59. The minimum absolute atomic E-state index is 0.641.